The van der Waals surface area contributed by atoms with E-state index in [2.05, 4.69) is 23.4 Å². The third-order valence-electron chi connectivity index (χ3n) is 5.08. The van der Waals surface area contributed by atoms with Gasteiger partial charge in [0.15, 0.2) is 0 Å². The van der Waals surface area contributed by atoms with Crippen molar-refractivity contribution in [2.75, 3.05) is 6.54 Å². The van der Waals surface area contributed by atoms with Gasteiger partial charge < -0.3 is 9.47 Å². The Labute approximate surface area is 198 Å². The zero-order valence-electron chi connectivity index (χ0n) is 21.2. The van der Waals surface area contributed by atoms with Crippen LogP contribution in [0.25, 0.3) is 22.3 Å². The van der Waals surface area contributed by atoms with Crippen molar-refractivity contribution in [1.82, 2.24) is 24.6 Å². The highest BCUT2D eigenvalue weighted by Crippen LogP contribution is 2.30. The molecule has 0 saturated carbocycles. The summed E-state index contributed by atoms with van der Waals surface area (Å²) in [6.45, 7) is 19.9. The second-order valence-corrected chi connectivity index (χ2v) is 6.91. The number of hydrogen-bond acceptors (Lipinski definition) is 3. The van der Waals surface area contributed by atoms with Crippen molar-refractivity contribution in [2.45, 2.75) is 54.0 Å². The molecule has 0 radical (unpaired) electrons. The minimum Gasteiger partial charge on any atom is -0.335 e. The molecule has 33 heavy (non-hydrogen) atoms. The quantitative estimate of drug-likeness (QED) is 0.362. The SMILES string of the molecule is C=C/C(=C\C)C1CCN1C(=O)c1cn(C)c2nc(-c3cn[nH]c3)ccc12.C=CC.CC.CC. The maximum Gasteiger partial charge on any atom is 0.256 e. The number of hydrogen-bond donors (Lipinski definition) is 1. The first-order valence-electron chi connectivity index (χ1n) is 11.7. The number of aromatic nitrogens is 4. The Morgan fingerprint density at radius 2 is 1.85 bits per heavy atom. The van der Waals surface area contributed by atoms with Crippen LogP contribution in [0.15, 0.2) is 67.7 Å². The fourth-order valence-electron chi connectivity index (χ4n) is 3.55. The Morgan fingerprint density at radius 1 is 1.18 bits per heavy atom. The van der Waals surface area contributed by atoms with E-state index in [1.807, 2.05) is 94.7 Å². The molecule has 6 nitrogen and oxygen atoms in total. The second-order valence-electron chi connectivity index (χ2n) is 6.91. The third-order valence-corrected chi connectivity index (χ3v) is 5.08. The van der Waals surface area contributed by atoms with Crippen LogP contribution >= 0.6 is 0 Å². The molecule has 1 aliphatic heterocycles. The number of pyridine rings is 1. The van der Waals surface area contributed by atoms with Gasteiger partial charge in [-0.2, -0.15) is 5.10 Å². The molecule has 6 heteroatoms. The van der Waals surface area contributed by atoms with Crippen molar-refractivity contribution >= 4 is 16.9 Å². The summed E-state index contributed by atoms with van der Waals surface area (Å²) in [4.78, 5) is 19.7. The average molecular weight is 450 g/mol. The Bertz CT molecular complexity index is 1060. The molecule has 1 saturated heterocycles. The van der Waals surface area contributed by atoms with Gasteiger partial charge in [0.25, 0.3) is 5.91 Å². The molecule has 1 aliphatic rings. The van der Waals surface area contributed by atoms with Crippen LogP contribution in [0.5, 0.6) is 0 Å². The van der Waals surface area contributed by atoms with Crippen molar-refractivity contribution in [3.8, 4) is 11.3 Å². The van der Waals surface area contributed by atoms with Gasteiger partial charge in [0.05, 0.1) is 23.5 Å². The molecule has 1 amide bonds. The van der Waals surface area contributed by atoms with Gasteiger partial charge >= 0.3 is 0 Å². The summed E-state index contributed by atoms with van der Waals surface area (Å²) in [6, 6.07) is 4.02. The molecular formula is C27H39N5O. The molecule has 3 aromatic rings. The van der Waals surface area contributed by atoms with Crippen LogP contribution in [0.3, 0.4) is 0 Å². The van der Waals surface area contributed by atoms with E-state index in [1.54, 1.807) is 12.3 Å². The maximum atomic E-state index is 13.1. The number of nitrogens with one attached hydrogen (secondary N) is 1. The molecule has 4 heterocycles. The van der Waals surface area contributed by atoms with Crippen molar-refractivity contribution in [1.29, 1.82) is 0 Å². The predicted molar refractivity (Wildman–Crippen MR) is 140 cm³/mol. The van der Waals surface area contributed by atoms with Crippen LogP contribution < -0.4 is 0 Å². The third kappa shape index (κ3) is 6.09. The number of aromatic amines is 1. The summed E-state index contributed by atoms with van der Waals surface area (Å²) in [5, 5.41) is 7.64. The largest absolute Gasteiger partial charge is 0.335 e. The lowest BCUT2D eigenvalue weighted by Crippen LogP contribution is -2.51. The highest BCUT2D eigenvalue weighted by Gasteiger charge is 2.35. The number of carbonyl (C=O) groups excluding carboxylic acids is 1. The van der Waals surface area contributed by atoms with Gasteiger partial charge in [0.2, 0.25) is 0 Å². The summed E-state index contributed by atoms with van der Waals surface area (Å²) in [5.41, 5.74) is 4.34. The van der Waals surface area contributed by atoms with Gasteiger partial charge in [-0.05, 0) is 38.0 Å². The second kappa shape index (κ2) is 13.9. The Morgan fingerprint density at radius 3 is 2.33 bits per heavy atom. The zero-order chi connectivity index (χ0) is 25.0. The van der Waals surface area contributed by atoms with Gasteiger partial charge in [-0.25, -0.2) is 4.98 Å². The first kappa shape index (κ1) is 27.6. The maximum absolute atomic E-state index is 13.1. The number of allylic oxidation sites excluding steroid dienone is 2. The van der Waals surface area contributed by atoms with Crippen LogP contribution in [0, 0.1) is 0 Å². The van der Waals surface area contributed by atoms with E-state index in [0.717, 1.165) is 40.8 Å². The van der Waals surface area contributed by atoms with Crippen molar-refractivity contribution in [3.63, 3.8) is 0 Å². The van der Waals surface area contributed by atoms with E-state index in [9.17, 15) is 4.79 Å². The van der Waals surface area contributed by atoms with Gasteiger partial charge in [0, 0.05) is 36.9 Å². The number of H-pyrrole nitrogens is 1. The zero-order valence-corrected chi connectivity index (χ0v) is 21.2. The number of nitrogens with zero attached hydrogens (tertiary/aromatic N) is 4. The molecular weight excluding hydrogens is 410 g/mol. The summed E-state index contributed by atoms with van der Waals surface area (Å²) >= 11 is 0. The summed E-state index contributed by atoms with van der Waals surface area (Å²) < 4.78 is 1.91. The molecule has 1 unspecified atom stereocenters. The fraction of sp³-hybridized carbons (Fsp3) is 0.370. The van der Waals surface area contributed by atoms with E-state index >= 15 is 0 Å². The van der Waals surface area contributed by atoms with Crippen molar-refractivity contribution in [3.05, 3.63) is 73.2 Å². The molecule has 1 fully saturated rings. The smallest absolute Gasteiger partial charge is 0.256 e. The van der Waals surface area contributed by atoms with E-state index < -0.39 is 0 Å². The summed E-state index contributed by atoms with van der Waals surface area (Å²) in [6.07, 6.45) is 12.0. The van der Waals surface area contributed by atoms with Crippen LogP contribution in [-0.2, 0) is 7.05 Å². The topological polar surface area (TPSA) is 66.8 Å². The lowest BCUT2D eigenvalue weighted by molar-refractivity contribution is 0.0539. The Balaban J connectivity index is 0.000000705. The number of amides is 1. The van der Waals surface area contributed by atoms with E-state index in [0.29, 0.717) is 5.56 Å². The monoisotopic (exact) mass is 449 g/mol. The highest BCUT2D eigenvalue weighted by molar-refractivity contribution is 6.07. The lowest BCUT2D eigenvalue weighted by Gasteiger charge is -2.41. The average Bonchev–Trinajstić information content (AvgIpc) is 3.48. The van der Waals surface area contributed by atoms with Crippen LogP contribution in [0.4, 0.5) is 0 Å². The molecule has 1 atom stereocenters. The van der Waals surface area contributed by atoms with Gasteiger partial charge in [-0.3, -0.25) is 9.89 Å². The molecule has 1 N–H and O–H groups in total. The van der Waals surface area contributed by atoms with Gasteiger partial charge in [-0.15, -0.1) is 6.58 Å². The van der Waals surface area contributed by atoms with E-state index in [-0.39, 0.29) is 11.9 Å². The van der Waals surface area contributed by atoms with Crippen LogP contribution in [0.2, 0.25) is 0 Å². The Kier molecular flexibility index (Phi) is 11.6. The normalized spacial score (nSPS) is 14.5. The minimum absolute atomic E-state index is 0.0471. The molecule has 0 aromatic carbocycles. The predicted octanol–water partition coefficient (Wildman–Crippen LogP) is 6.55. The van der Waals surface area contributed by atoms with Crippen molar-refractivity contribution < 1.29 is 4.79 Å². The number of aryl methyl sites for hydroxylation is 1. The molecule has 0 bridgehead atoms. The first-order chi connectivity index (χ1) is 16.0. The standard InChI is InChI=1S/C20H21N5O.C3H6.2C2H6/c1-4-13(5-2)18-8-9-25(18)20(26)16-12-24(3)19-15(16)6-7-17(23-19)14-10-21-22-11-14;1-3-2;2*1-2/h4-7,10-12,18H,1,8-9H2,2-3H3,(H,21,22);3H,1H2,2H3;2*1-2H3/b13-5+;;;. The molecule has 3 aromatic heterocycles. The molecule has 178 valence electrons. The highest BCUT2D eigenvalue weighted by atomic mass is 16.2. The van der Waals surface area contributed by atoms with Crippen molar-refractivity contribution in [2.24, 2.45) is 7.05 Å². The minimum atomic E-state index is 0.0471. The Hall–Kier alpha value is -3.41. The molecule has 0 spiro atoms. The van der Waals surface area contributed by atoms with Gasteiger partial charge in [-0.1, -0.05) is 52.5 Å². The molecule has 4 rings (SSSR count). The van der Waals surface area contributed by atoms with Crippen LogP contribution in [0.1, 0.15) is 58.3 Å². The number of rotatable bonds is 4. The number of carbonyl (C=O) groups is 1. The number of fused-ring (bicyclic) bond motifs is 1. The summed E-state index contributed by atoms with van der Waals surface area (Å²) in [7, 11) is 1.92. The molecule has 0 aliphatic carbocycles. The summed E-state index contributed by atoms with van der Waals surface area (Å²) in [5.74, 6) is 0.0471. The lowest BCUT2D eigenvalue weighted by atomic mass is 9.93. The van der Waals surface area contributed by atoms with E-state index in [1.165, 1.54) is 0 Å². The van der Waals surface area contributed by atoms with E-state index in [4.69, 9.17) is 4.98 Å². The van der Waals surface area contributed by atoms with Crippen LogP contribution in [-0.4, -0.2) is 43.1 Å². The first-order valence-corrected chi connectivity index (χ1v) is 11.7. The number of likely N-dealkylation sites (tertiary alicyclic amines) is 1. The van der Waals surface area contributed by atoms with Gasteiger partial charge in [0.1, 0.15) is 5.65 Å². The fourth-order valence-corrected chi connectivity index (χ4v) is 3.55.